The zero-order valence-corrected chi connectivity index (χ0v) is 19.3. The molecule has 1 saturated heterocycles. The molecular formula is C22H21FN6O4S. The molecule has 1 fully saturated rings. The lowest BCUT2D eigenvalue weighted by Crippen LogP contribution is -2.49. The van der Waals surface area contributed by atoms with Gasteiger partial charge >= 0.3 is 0 Å². The van der Waals surface area contributed by atoms with Gasteiger partial charge in [0.25, 0.3) is 11.6 Å². The predicted molar refractivity (Wildman–Crippen MR) is 123 cm³/mol. The lowest BCUT2D eigenvalue weighted by Gasteiger charge is -2.36. The summed E-state index contributed by atoms with van der Waals surface area (Å²) in [5.41, 5.74) is 0.694. The van der Waals surface area contributed by atoms with Crippen LogP contribution in [0.3, 0.4) is 0 Å². The second-order valence-electron chi connectivity index (χ2n) is 7.77. The highest BCUT2D eigenvalue weighted by Crippen LogP contribution is 2.34. The van der Waals surface area contributed by atoms with Gasteiger partial charge in [0, 0.05) is 50.4 Å². The van der Waals surface area contributed by atoms with Gasteiger partial charge in [-0.1, -0.05) is 0 Å². The van der Waals surface area contributed by atoms with Crippen LogP contribution in [-0.2, 0) is 7.05 Å². The lowest BCUT2D eigenvalue weighted by atomic mass is 10.1. The van der Waals surface area contributed by atoms with Crippen molar-refractivity contribution in [1.29, 1.82) is 0 Å². The Morgan fingerprint density at radius 3 is 2.38 bits per heavy atom. The molecule has 0 radical (unpaired) electrons. The van der Waals surface area contributed by atoms with Crippen molar-refractivity contribution in [2.45, 2.75) is 17.0 Å². The number of nitro benzene ring substituents is 1. The van der Waals surface area contributed by atoms with E-state index in [1.165, 1.54) is 31.5 Å². The Labute approximate surface area is 198 Å². The molecule has 34 heavy (non-hydrogen) atoms. The molecule has 0 saturated carbocycles. The van der Waals surface area contributed by atoms with E-state index in [1.807, 2.05) is 4.90 Å². The van der Waals surface area contributed by atoms with Crippen molar-refractivity contribution in [3.8, 4) is 0 Å². The first-order valence-electron chi connectivity index (χ1n) is 10.4. The first-order chi connectivity index (χ1) is 16.2. The maximum absolute atomic E-state index is 14.5. The molecule has 0 bridgehead atoms. The van der Waals surface area contributed by atoms with Crippen molar-refractivity contribution in [1.82, 2.24) is 19.7 Å². The number of ketones is 1. The Balaban J connectivity index is 1.46. The number of benzene rings is 2. The van der Waals surface area contributed by atoms with Crippen LogP contribution in [0.4, 0.5) is 15.8 Å². The number of hydrogen-bond acceptors (Lipinski definition) is 8. The summed E-state index contributed by atoms with van der Waals surface area (Å²) >= 11 is 1.09. The quantitative estimate of drug-likeness (QED) is 0.298. The Bertz CT molecular complexity index is 1270. The number of nitrogens with zero attached hydrogens (tertiary/aromatic N) is 6. The monoisotopic (exact) mass is 484 g/mol. The van der Waals surface area contributed by atoms with E-state index in [4.69, 9.17) is 0 Å². The van der Waals surface area contributed by atoms with Gasteiger partial charge in [-0.25, -0.2) is 4.39 Å². The number of hydrogen-bond donors (Lipinski definition) is 0. The number of halogens is 1. The van der Waals surface area contributed by atoms with Crippen LogP contribution in [0, 0.1) is 15.9 Å². The summed E-state index contributed by atoms with van der Waals surface area (Å²) in [5.74, 6) is -1.03. The van der Waals surface area contributed by atoms with Crippen LogP contribution in [0.5, 0.6) is 0 Å². The molecule has 1 aliphatic heterocycles. The second-order valence-corrected chi connectivity index (χ2v) is 8.78. The number of carbonyl (C=O) groups is 2. The topological polar surface area (TPSA) is 114 Å². The number of aryl methyl sites for hydroxylation is 1. The zero-order valence-electron chi connectivity index (χ0n) is 18.5. The highest BCUT2D eigenvalue weighted by Gasteiger charge is 2.26. The molecule has 12 heteroatoms. The maximum Gasteiger partial charge on any atom is 0.284 e. The normalized spacial score (nSPS) is 13.7. The van der Waals surface area contributed by atoms with Gasteiger partial charge in [0.2, 0.25) is 0 Å². The van der Waals surface area contributed by atoms with E-state index in [0.29, 0.717) is 47.5 Å². The highest BCUT2D eigenvalue weighted by molar-refractivity contribution is 7.99. The first-order valence-corrected chi connectivity index (χ1v) is 11.2. The average molecular weight is 485 g/mol. The second kappa shape index (κ2) is 9.59. The summed E-state index contributed by atoms with van der Waals surface area (Å²) in [6.07, 6.45) is 1.50. The van der Waals surface area contributed by atoms with Crippen molar-refractivity contribution in [3.05, 3.63) is 69.8 Å². The molecule has 0 unspecified atom stereocenters. The fourth-order valence-electron chi connectivity index (χ4n) is 3.66. The minimum absolute atomic E-state index is 0.190. The number of nitro groups is 1. The fourth-order valence-corrected chi connectivity index (χ4v) is 4.51. The number of carbonyl (C=O) groups excluding carboxylic acids is 2. The van der Waals surface area contributed by atoms with Crippen molar-refractivity contribution in [2.24, 2.45) is 7.05 Å². The third-order valence-electron chi connectivity index (χ3n) is 5.54. The van der Waals surface area contributed by atoms with E-state index >= 15 is 0 Å². The molecule has 10 nitrogen and oxygen atoms in total. The van der Waals surface area contributed by atoms with Crippen molar-refractivity contribution in [3.63, 3.8) is 0 Å². The van der Waals surface area contributed by atoms with E-state index in [1.54, 1.807) is 34.7 Å². The van der Waals surface area contributed by atoms with E-state index < -0.39 is 10.7 Å². The summed E-state index contributed by atoms with van der Waals surface area (Å²) in [5, 5.41) is 19.8. The summed E-state index contributed by atoms with van der Waals surface area (Å²) in [6.45, 7) is 2.82. The van der Waals surface area contributed by atoms with E-state index in [2.05, 4.69) is 10.2 Å². The van der Waals surface area contributed by atoms with Crippen LogP contribution < -0.4 is 4.90 Å². The van der Waals surface area contributed by atoms with Crippen molar-refractivity contribution >= 4 is 34.8 Å². The highest BCUT2D eigenvalue weighted by atomic mass is 32.2. The van der Waals surface area contributed by atoms with Crippen LogP contribution in [0.2, 0.25) is 0 Å². The van der Waals surface area contributed by atoms with Crippen molar-refractivity contribution < 1.29 is 18.9 Å². The lowest BCUT2D eigenvalue weighted by molar-refractivity contribution is -0.387. The van der Waals surface area contributed by atoms with Crippen LogP contribution in [0.25, 0.3) is 0 Å². The standard InChI is InChI=1S/C22H21FN6O4S/c1-14(30)15-3-5-18(17(23)11-15)27-7-9-28(10-8-27)21(31)16-4-6-20(19(12-16)29(32)33)34-22-25-24-13-26(22)2/h3-6,11-13H,7-10H2,1-2H3. The Hall–Kier alpha value is -3.80. The molecule has 1 aromatic heterocycles. The molecule has 176 valence electrons. The molecule has 3 aromatic rings. The largest absolute Gasteiger partial charge is 0.366 e. The van der Waals surface area contributed by atoms with Gasteiger partial charge in [-0.05, 0) is 49.0 Å². The maximum atomic E-state index is 14.5. The zero-order chi connectivity index (χ0) is 24.4. The molecule has 0 atom stereocenters. The molecule has 2 aromatic carbocycles. The van der Waals surface area contributed by atoms with E-state index in [-0.39, 0.29) is 22.9 Å². The molecule has 4 rings (SSSR count). The Kier molecular flexibility index (Phi) is 6.59. The molecule has 0 spiro atoms. The Morgan fingerprint density at radius 2 is 1.79 bits per heavy atom. The number of rotatable bonds is 6. The number of anilines is 1. The van der Waals surface area contributed by atoms with Gasteiger partial charge in [-0.2, -0.15) is 0 Å². The summed E-state index contributed by atoms with van der Waals surface area (Å²) in [7, 11) is 1.73. The number of aromatic nitrogens is 3. The van der Waals surface area contributed by atoms with Crippen LogP contribution in [0.15, 0.2) is 52.8 Å². The van der Waals surface area contributed by atoms with Gasteiger partial charge in [0.1, 0.15) is 12.1 Å². The number of amides is 1. The summed E-state index contributed by atoms with van der Waals surface area (Å²) in [4.78, 5) is 39.3. The third-order valence-corrected chi connectivity index (χ3v) is 6.65. The minimum Gasteiger partial charge on any atom is -0.366 e. The summed E-state index contributed by atoms with van der Waals surface area (Å²) < 4.78 is 16.1. The minimum atomic E-state index is -0.527. The molecule has 2 heterocycles. The fraction of sp³-hybridized carbons (Fsp3) is 0.273. The van der Waals surface area contributed by atoms with Crippen LogP contribution >= 0.6 is 11.8 Å². The van der Waals surface area contributed by atoms with E-state index in [9.17, 15) is 24.1 Å². The molecule has 1 aliphatic rings. The molecular weight excluding hydrogens is 463 g/mol. The van der Waals surface area contributed by atoms with Crippen LogP contribution in [0.1, 0.15) is 27.6 Å². The predicted octanol–water partition coefficient (Wildman–Crippen LogP) is 3.18. The first kappa shape index (κ1) is 23.4. The van der Waals surface area contributed by atoms with Gasteiger partial charge in [-0.3, -0.25) is 19.7 Å². The number of Topliss-reactive ketones (excluding diaryl/α,β-unsaturated/α-hetero) is 1. The number of piperazine rings is 1. The van der Waals surface area contributed by atoms with Crippen LogP contribution in [-0.4, -0.2) is 62.5 Å². The SMILES string of the molecule is CC(=O)c1ccc(N2CCN(C(=O)c3ccc(Sc4nncn4C)c([N+](=O)[O-])c3)CC2)c(F)c1. The smallest absolute Gasteiger partial charge is 0.284 e. The van der Waals surface area contributed by atoms with Gasteiger partial charge in [0.05, 0.1) is 15.5 Å². The van der Waals surface area contributed by atoms with Gasteiger partial charge < -0.3 is 14.4 Å². The van der Waals surface area contributed by atoms with Gasteiger partial charge in [-0.15, -0.1) is 10.2 Å². The molecule has 0 aliphatic carbocycles. The van der Waals surface area contributed by atoms with E-state index in [0.717, 1.165) is 11.8 Å². The third kappa shape index (κ3) is 4.76. The Morgan fingerprint density at radius 1 is 1.09 bits per heavy atom. The molecule has 1 amide bonds. The van der Waals surface area contributed by atoms with Gasteiger partial charge in [0.15, 0.2) is 10.9 Å². The molecule has 0 N–H and O–H groups in total. The average Bonchev–Trinajstić information content (AvgIpc) is 3.23. The summed E-state index contributed by atoms with van der Waals surface area (Å²) in [6, 6.07) is 8.73. The van der Waals surface area contributed by atoms with Crippen molar-refractivity contribution in [2.75, 3.05) is 31.1 Å².